The summed E-state index contributed by atoms with van der Waals surface area (Å²) < 4.78 is 7.49. The van der Waals surface area contributed by atoms with Crippen molar-refractivity contribution in [2.45, 2.75) is 39.8 Å². The van der Waals surface area contributed by atoms with Crippen LogP contribution in [-0.4, -0.2) is 11.2 Å². The Kier molecular flexibility index (Phi) is 5.03. The molecule has 0 fully saturated rings. The zero-order chi connectivity index (χ0) is 16.3. The molecule has 0 aliphatic rings. The molecule has 1 heterocycles. The van der Waals surface area contributed by atoms with Gasteiger partial charge in [0.1, 0.15) is 5.75 Å². The molecule has 1 aromatic carbocycles. The van der Waals surface area contributed by atoms with Gasteiger partial charge in [0.25, 0.3) is 5.56 Å². The monoisotopic (exact) mass is 300 g/mol. The van der Waals surface area contributed by atoms with Gasteiger partial charge >= 0.3 is 0 Å². The van der Waals surface area contributed by atoms with Crippen LogP contribution in [0, 0.1) is 0 Å². The van der Waals surface area contributed by atoms with Gasteiger partial charge in [-0.3, -0.25) is 4.79 Å². The third-order valence-electron chi connectivity index (χ3n) is 3.62. The van der Waals surface area contributed by atoms with Gasteiger partial charge in [-0.25, -0.2) is 0 Å². The number of pyridine rings is 1. The highest BCUT2D eigenvalue weighted by Gasteiger charge is 2.17. The van der Waals surface area contributed by atoms with E-state index in [0.717, 1.165) is 17.0 Å². The molecule has 0 aliphatic carbocycles. The number of para-hydroxylation sites is 1. The van der Waals surface area contributed by atoms with E-state index >= 15 is 0 Å². The molecule has 0 amide bonds. The van der Waals surface area contributed by atoms with Crippen LogP contribution in [-0.2, 0) is 0 Å². The summed E-state index contributed by atoms with van der Waals surface area (Å²) in [4.78, 5) is 12.8. The Morgan fingerprint density at radius 1 is 1.14 bits per heavy atom. The van der Waals surface area contributed by atoms with Crippen LogP contribution < -0.4 is 16.0 Å². The molecule has 0 aliphatic heterocycles. The smallest absolute Gasteiger partial charge is 0.256 e. The highest BCUT2D eigenvalue weighted by atomic mass is 16.5. The van der Waals surface area contributed by atoms with Gasteiger partial charge in [0.2, 0.25) is 0 Å². The maximum Gasteiger partial charge on any atom is 0.256 e. The van der Waals surface area contributed by atoms with E-state index in [9.17, 15) is 4.79 Å². The standard InChI is InChI=1S/C18H24N2O2/c1-5-22-17-9-7-6-8-15(17)16-11-10-14(13(4)19)18(21)20(16)12(2)3/h6-13H,5,19H2,1-4H3. The lowest BCUT2D eigenvalue weighted by atomic mass is 10.0. The summed E-state index contributed by atoms with van der Waals surface area (Å²) in [7, 11) is 0. The second-order valence-corrected chi connectivity index (χ2v) is 5.66. The maximum atomic E-state index is 12.8. The first kappa shape index (κ1) is 16.3. The molecule has 0 bridgehead atoms. The molecule has 4 heteroatoms. The summed E-state index contributed by atoms with van der Waals surface area (Å²) >= 11 is 0. The van der Waals surface area contributed by atoms with E-state index in [2.05, 4.69) is 0 Å². The molecule has 118 valence electrons. The van der Waals surface area contributed by atoms with E-state index in [1.54, 1.807) is 4.57 Å². The van der Waals surface area contributed by atoms with Gasteiger partial charge in [-0.15, -0.1) is 0 Å². The average molecular weight is 300 g/mol. The number of hydrogen-bond donors (Lipinski definition) is 1. The van der Waals surface area contributed by atoms with E-state index < -0.39 is 0 Å². The van der Waals surface area contributed by atoms with Crippen molar-refractivity contribution < 1.29 is 4.74 Å². The number of nitrogens with two attached hydrogens (primary N) is 1. The second-order valence-electron chi connectivity index (χ2n) is 5.66. The number of benzene rings is 1. The first-order valence-corrected chi connectivity index (χ1v) is 7.70. The molecule has 0 spiro atoms. The molecule has 0 saturated carbocycles. The third kappa shape index (κ3) is 3.07. The summed E-state index contributed by atoms with van der Waals surface area (Å²) in [5, 5.41) is 0. The number of ether oxygens (including phenoxy) is 1. The van der Waals surface area contributed by atoms with Gasteiger partial charge in [0.05, 0.1) is 12.3 Å². The predicted molar refractivity (Wildman–Crippen MR) is 90.3 cm³/mol. The van der Waals surface area contributed by atoms with Gasteiger partial charge < -0.3 is 15.0 Å². The second kappa shape index (κ2) is 6.79. The SMILES string of the molecule is CCOc1ccccc1-c1ccc(C(C)N)c(=O)n1C(C)C. The highest BCUT2D eigenvalue weighted by molar-refractivity contribution is 5.68. The Hall–Kier alpha value is -2.07. The van der Waals surface area contributed by atoms with Crippen LogP contribution in [0.2, 0.25) is 0 Å². The van der Waals surface area contributed by atoms with Crippen molar-refractivity contribution in [2.24, 2.45) is 5.73 Å². The zero-order valence-electron chi connectivity index (χ0n) is 13.7. The normalized spacial score (nSPS) is 12.5. The van der Waals surface area contributed by atoms with Crippen molar-refractivity contribution in [2.75, 3.05) is 6.61 Å². The summed E-state index contributed by atoms with van der Waals surface area (Å²) in [6.45, 7) is 8.36. The van der Waals surface area contributed by atoms with Gasteiger partial charge in [0.15, 0.2) is 0 Å². The van der Waals surface area contributed by atoms with Crippen LogP contribution >= 0.6 is 0 Å². The van der Waals surface area contributed by atoms with Crippen molar-refractivity contribution in [1.29, 1.82) is 0 Å². The lowest BCUT2D eigenvalue weighted by molar-refractivity contribution is 0.341. The summed E-state index contributed by atoms with van der Waals surface area (Å²) in [5.74, 6) is 0.785. The molecule has 2 rings (SSSR count). The fourth-order valence-corrected chi connectivity index (χ4v) is 2.61. The lowest BCUT2D eigenvalue weighted by Crippen LogP contribution is -2.29. The molecular weight excluding hydrogens is 276 g/mol. The average Bonchev–Trinajstić information content (AvgIpc) is 2.47. The molecular formula is C18H24N2O2. The largest absolute Gasteiger partial charge is 0.493 e. The van der Waals surface area contributed by atoms with E-state index in [4.69, 9.17) is 10.5 Å². The minimum absolute atomic E-state index is 0.0335. The molecule has 2 aromatic rings. The van der Waals surface area contributed by atoms with Crippen LogP contribution in [0.25, 0.3) is 11.3 Å². The van der Waals surface area contributed by atoms with Gasteiger partial charge in [-0.05, 0) is 52.0 Å². The summed E-state index contributed by atoms with van der Waals surface area (Å²) in [6.07, 6.45) is 0. The van der Waals surface area contributed by atoms with Crippen molar-refractivity contribution in [1.82, 2.24) is 4.57 Å². The van der Waals surface area contributed by atoms with Crippen LogP contribution in [0.15, 0.2) is 41.2 Å². The maximum absolute atomic E-state index is 12.8. The number of hydrogen-bond acceptors (Lipinski definition) is 3. The first-order valence-electron chi connectivity index (χ1n) is 7.70. The predicted octanol–water partition coefficient (Wildman–Crippen LogP) is 3.51. The van der Waals surface area contributed by atoms with Crippen molar-refractivity contribution in [3.05, 3.63) is 52.3 Å². The highest BCUT2D eigenvalue weighted by Crippen LogP contribution is 2.31. The number of nitrogens with zero attached hydrogens (tertiary/aromatic N) is 1. The van der Waals surface area contributed by atoms with Crippen LogP contribution in [0.1, 0.15) is 45.3 Å². The van der Waals surface area contributed by atoms with Crippen LogP contribution in [0.4, 0.5) is 0 Å². The van der Waals surface area contributed by atoms with Gasteiger partial charge in [-0.1, -0.05) is 12.1 Å². The Labute approximate surface area is 131 Å². The Bertz CT molecular complexity index is 702. The molecule has 0 radical (unpaired) electrons. The summed E-state index contributed by atoms with van der Waals surface area (Å²) in [6, 6.07) is 11.3. The Balaban J connectivity index is 2.71. The van der Waals surface area contributed by atoms with Gasteiger partial charge in [-0.2, -0.15) is 0 Å². The van der Waals surface area contributed by atoms with E-state index in [1.165, 1.54) is 0 Å². The van der Waals surface area contributed by atoms with Crippen LogP contribution in [0.5, 0.6) is 5.75 Å². The lowest BCUT2D eigenvalue weighted by Gasteiger charge is -2.20. The molecule has 1 aromatic heterocycles. The van der Waals surface area contributed by atoms with Crippen molar-refractivity contribution in [3.8, 4) is 17.0 Å². The van der Waals surface area contributed by atoms with Crippen molar-refractivity contribution >= 4 is 0 Å². The minimum atomic E-state index is -0.284. The third-order valence-corrected chi connectivity index (χ3v) is 3.62. The zero-order valence-corrected chi connectivity index (χ0v) is 13.7. The van der Waals surface area contributed by atoms with Gasteiger partial charge in [0, 0.05) is 23.2 Å². The quantitative estimate of drug-likeness (QED) is 0.919. The summed E-state index contributed by atoms with van der Waals surface area (Å²) in [5.41, 5.74) is 8.29. The molecule has 2 N–H and O–H groups in total. The fraction of sp³-hybridized carbons (Fsp3) is 0.389. The fourth-order valence-electron chi connectivity index (χ4n) is 2.61. The molecule has 4 nitrogen and oxygen atoms in total. The number of aromatic nitrogens is 1. The van der Waals surface area contributed by atoms with E-state index in [-0.39, 0.29) is 17.6 Å². The molecule has 1 atom stereocenters. The Morgan fingerprint density at radius 2 is 1.82 bits per heavy atom. The molecule has 22 heavy (non-hydrogen) atoms. The molecule has 0 saturated heterocycles. The minimum Gasteiger partial charge on any atom is -0.493 e. The van der Waals surface area contributed by atoms with Crippen LogP contribution in [0.3, 0.4) is 0 Å². The number of rotatable bonds is 5. The topological polar surface area (TPSA) is 57.2 Å². The first-order chi connectivity index (χ1) is 10.5. The molecule has 1 unspecified atom stereocenters. The Morgan fingerprint density at radius 3 is 2.41 bits per heavy atom. The van der Waals surface area contributed by atoms with E-state index in [0.29, 0.717) is 12.2 Å². The van der Waals surface area contributed by atoms with E-state index in [1.807, 2.05) is 64.1 Å². The van der Waals surface area contributed by atoms with Crippen molar-refractivity contribution in [3.63, 3.8) is 0 Å².